The summed E-state index contributed by atoms with van der Waals surface area (Å²) in [5.41, 5.74) is 3.27. The van der Waals surface area contributed by atoms with Crippen LogP contribution in [0, 0.1) is 6.92 Å². The topological polar surface area (TPSA) is 30.7 Å². The third-order valence-corrected chi connectivity index (χ3v) is 2.43. The zero-order valence-corrected chi connectivity index (χ0v) is 7.80. The van der Waals surface area contributed by atoms with Gasteiger partial charge in [-0.3, -0.25) is 4.68 Å². The first kappa shape index (κ1) is 7.49. The molecule has 0 aromatic carbocycles. The predicted molar refractivity (Wildman–Crippen MR) is 49.1 cm³/mol. The van der Waals surface area contributed by atoms with E-state index in [0.717, 1.165) is 17.0 Å². The van der Waals surface area contributed by atoms with Gasteiger partial charge in [0.25, 0.3) is 0 Å². The van der Waals surface area contributed by atoms with Gasteiger partial charge in [-0.25, -0.2) is 4.37 Å². The molecule has 62 valence electrons. The van der Waals surface area contributed by atoms with Crippen LogP contribution in [-0.4, -0.2) is 14.2 Å². The summed E-state index contributed by atoms with van der Waals surface area (Å²) in [5, 5.41) is 6.34. The van der Waals surface area contributed by atoms with Crippen molar-refractivity contribution in [1.82, 2.24) is 14.2 Å². The Hall–Kier alpha value is -1.16. The molecule has 0 bridgehead atoms. The van der Waals surface area contributed by atoms with E-state index in [2.05, 4.69) is 15.5 Å². The van der Waals surface area contributed by atoms with Gasteiger partial charge in [-0.15, -0.1) is 0 Å². The normalized spacial score (nSPS) is 10.5. The molecule has 2 aromatic rings. The Balaban J connectivity index is 2.48. The molecule has 0 radical (unpaired) electrons. The molecule has 12 heavy (non-hydrogen) atoms. The fourth-order valence-corrected chi connectivity index (χ4v) is 1.56. The number of hydrogen-bond acceptors (Lipinski definition) is 3. The lowest BCUT2D eigenvalue weighted by atomic mass is 10.2. The molecule has 0 saturated heterocycles. The number of aromatic nitrogens is 3. The van der Waals surface area contributed by atoms with E-state index in [4.69, 9.17) is 0 Å². The molecule has 2 aromatic heterocycles. The molecule has 2 heterocycles. The van der Waals surface area contributed by atoms with E-state index in [1.807, 2.05) is 30.2 Å². The van der Waals surface area contributed by atoms with Crippen molar-refractivity contribution in [3.05, 3.63) is 23.3 Å². The highest BCUT2D eigenvalue weighted by molar-refractivity contribution is 7.03. The Morgan fingerprint density at radius 3 is 2.83 bits per heavy atom. The van der Waals surface area contributed by atoms with Crippen molar-refractivity contribution in [3.8, 4) is 11.3 Å². The summed E-state index contributed by atoms with van der Waals surface area (Å²) in [6.45, 7) is 2.04. The highest BCUT2D eigenvalue weighted by Gasteiger charge is 2.03. The Morgan fingerprint density at radius 1 is 1.50 bits per heavy atom. The first-order valence-corrected chi connectivity index (χ1v) is 4.51. The third-order valence-electron chi connectivity index (χ3n) is 1.84. The highest BCUT2D eigenvalue weighted by atomic mass is 32.1. The van der Waals surface area contributed by atoms with Gasteiger partial charge in [-0.05, 0) is 24.5 Å². The highest BCUT2D eigenvalue weighted by Crippen LogP contribution is 2.18. The van der Waals surface area contributed by atoms with Crippen LogP contribution in [0.2, 0.25) is 0 Å². The molecule has 0 aliphatic heterocycles. The van der Waals surface area contributed by atoms with Gasteiger partial charge in [-0.2, -0.15) is 5.10 Å². The van der Waals surface area contributed by atoms with Gasteiger partial charge in [0.05, 0.1) is 11.9 Å². The second-order valence-electron chi connectivity index (χ2n) is 2.71. The average molecular weight is 179 g/mol. The van der Waals surface area contributed by atoms with Crippen molar-refractivity contribution >= 4 is 11.5 Å². The monoisotopic (exact) mass is 179 g/mol. The minimum Gasteiger partial charge on any atom is -0.272 e. The van der Waals surface area contributed by atoms with E-state index in [1.165, 1.54) is 11.5 Å². The zero-order chi connectivity index (χ0) is 8.55. The van der Waals surface area contributed by atoms with Gasteiger partial charge in [0.2, 0.25) is 0 Å². The zero-order valence-electron chi connectivity index (χ0n) is 6.98. The summed E-state index contributed by atoms with van der Waals surface area (Å²) in [7, 11) is 1.94. The second kappa shape index (κ2) is 2.71. The molecule has 0 atom stereocenters. The van der Waals surface area contributed by atoms with Crippen molar-refractivity contribution in [2.75, 3.05) is 0 Å². The minimum atomic E-state index is 1.00. The van der Waals surface area contributed by atoms with Crippen molar-refractivity contribution in [3.63, 3.8) is 0 Å². The lowest BCUT2D eigenvalue weighted by Gasteiger charge is -1.88. The van der Waals surface area contributed by atoms with Gasteiger partial charge in [0.15, 0.2) is 0 Å². The summed E-state index contributed by atoms with van der Waals surface area (Å²) in [5.74, 6) is 0. The maximum Gasteiger partial charge on any atom is 0.0950 e. The van der Waals surface area contributed by atoms with Crippen molar-refractivity contribution < 1.29 is 0 Å². The van der Waals surface area contributed by atoms with Gasteiger partial charge in [0.1, 0.15) is 0 Å². The smallest absolute Gasteiger partial charge is 0.0950 e. The van der Waals surface area contributed by atoms with Crippen LogP contribution in [0.15, 0.2) is 17.6 Å². The molecule has 0 amide bonds. The van der Waals surface area contributed by atoms with E-state index in [1.54, 1.807) is 0 Å². The van der Waals surface area contributed by atoms with Crippen LogP contribution in [-0.2, 0) is 7.05 Å². The molecule has 0 aliphatic rings. The van der Waals surface area contributed by atoms with Crippen molar-refractivity contribution in [1.29, 1.82) is 0 Å². The van der Waals surface area contributed by atoms with Crippen molar-refractivity contribution in [2.24, 2.45) is 7.05 Å². The molecule has 0 spiro atoms. The number of rotatable bonds is 1. The van der Waals surface area contributed by atoms with E-state index < -0.39 is 0 Å². The largest absolute Gasteiger partial charge is 0.272 e. The number of aryl methyl sites for hydroxylation is 2. The van der Waals surface area contributed by atoms with Crippen LogP contribution in [0.25, 0.3) is 11.3 Å². The molecule has 0 N–H and O–H groups in total. The Bertz CT molecular complexity index is 355. The Morgan fingerprint density at radius 2 is 2.33 bits per heavy atom. The third kappa shape index (κ3) is 1.14. The summed E-state index contributed by atoms with van der Waals surface area (Å²) < 4.78 is 5.90. The van der Waals surface area contributed by atoms with E-state index >= 15 is 0 Å². The van der Waals surface area contributed by atoms with Gasteiger partial charge in [-0.1, -0.05) is 0 Å². The van der Waals surface area contributed by atoms with Crippen LogP contribution in [0.4, 0.5) is 0 Å². The van der Waals surface area contributed by atoms with Crippen LogP contribution in [0.1, 0.15) is 5.69 Å². The van der Waals surface area contributed by atoms with E-state index in [-0.39, 0.29) is 0 Å². The standard InChI is InChI=1S/C8H9N3S/c1-6-3-8(10-11(6)2)7-4-9-12-5-7/h3-5H,1-2H3. The lowest BCUT2D eigenvalue weighted by Crippen LogP contribution is -1.91. The number of nitrogens with zero attached hydrogens (tertiary/aromatic N) is 3. The molecule has 0 saturated carbocycles. The van der Waals surface area contributed by atoms with Crippen LogP contribution < -0.4 is 0 Å². The molecule has 4 heteroatoms. The molecule has 0 unspecified atom stereocenters. The molecular formula is C8H9N3S. The summed E-state index contributed by atoms with van der Waals surface area (Å²) in [6.07, 6.45) is 1.84. The molecule has 2 rings (SSSR count). The second-order valence-corrected chi connectivity index (χ2v) is 3.37. The molecule has 3 nitrogen and oxygen atoms in total. The maximum absolute atomic E-state index is 4.34. The van der Waals surface area contributed by atoms with Crippen LogP contribution >= 0.6 is 11.5 Å². The average Bonchev–Trinajstić information content (AvgIpc) is 2.61. The molecule has 0 aliphatic carbocycles. The summed E-state index contributed by atoms with van der Waals surface area (Å²) in [6, 6.07) is 2.06. The van der Waals surface area contributed by atoms with Gasteiger partial charge < -0.3 is 0 Å². The molecular weight excluding hydrogens is 170 g/mol. The fraction of sp³-hybridized carbons (Fsp3) is 0.250. The lowest BCUT2D eigenvalue weighted by molar-refractivity contribution is 0.743. The summed E-state index contributed by atoms with van der Waals surface area (Å²) in [4.78, 5) is 0. The maximum atomic E-state index is 4.34. The number of hydrogen-bond donors (Lipinski definition) is 0. The first-order chi connectivity index (χ1) is 5.77. The Labute approximate surface area is 74.8 Å². The SMILES string of the molecule is Cc1cc(-c2cnsc2)nn1C. The van der Waals surface area contributed by atoms with Crippen LogP contribution in [0.3, 0.4) is 0 Å². The quantitative estimate of drug-likeness (QED) is 0.669. The molecule has 0 fully saturated rings. The Kier molecular flexibility index (Phi) is 1.69. The van der Waals surface area contributed by atoms with Crippen molar-refractivity contribution in [2.45, 2.75) is 6.92 Å². The first-order valence-electron chi connectivity index (χ1n) is 3.68. The van der Waals surface area contributed by atoms with Gasteiger partial charge >= 0.3 is 0 Å². The van der Waals surface area contributed by atoms with Gasteiger partial charge in [0, 0.05) is 23.7 Å². The predicted octanol–water partition coefficient (Wildman–Crippen LogP) is 1.85. The van der Waals surface area contributed by atoms with E-state index in [0.29, 0.717) is 0 Å². The minimum absolute atomic E-state index is 1.00. The van der Waals surface area contributed by atoms with E-state index in [9.17, 15) is 0 Å². The summed E-state index contributed by atoms with van der Waals surface area (Å²) >= 11 is 1.45. The fourth-order valence-electron chi connectivity index (χ4n) is 1.03. The van der Waals surface area contributed by atoms with Crippen LogP contribution in [0.5, 0.6) is 0 Å².